The van der Waals surface area contributed by atoms with E-state index in [1.807, 2.05) is 4.90 Å². The highest BCUT2D eigenvalue weighted by Crippen LogP contribution is 2.28. The van der Waals surface area contributed by atoms with Gasteiger partial charge in [-0.05, 0) is 29.9 Å². The van der Waals surface area contributed by atoms with Gasteiger partial charge in [0.2, 0.25) is 5.95 Å². The molecule has 0 aliphatic carbocycles. The zero-order valence-corrected chi connectivity index (χ0v) is 12.2. The van der Waals surface area contributed by atoms with Gasteiger partial charge in [0.1, 0.15) is 0 Å². The van der Waals surface area contributed by atoms with Crippen LogP contribution in [0.3, 0.4) is 0 Å². The molecule has 106 valence electrons. The number of hydrogen-bond donors (Lipinski definition) is 1. The largest absolute Gasteiger partial charge is 0.354 e. The van der Waals surface area contributed by atoms with Crippen LogP contribution in [0.15, 0.2) is 17.6 Å². The lowest BCUT2D eigenvalue weighted by molar-refractivity contribution is 0.596. The van der Waals surface area contributed by atoms with Crippen molar-refractivity contribution in [2.75, 3.05) is 23.3 Å². The number of rotatable bonds is 4. The lowest BCUT2D eigenvalue weighted by Gasteiger charge is -2.28. The fourth-order valence-corrected chi connectivity index (χ4v) is 3.22. The minimum absolute atomic E-state index is 0.356. The predicted octanol–water partition coefficient (Wildman–Crippen LogP) is 3.06. The Labute approximate surface area is 121 Å². The summed E-state index contributed by atoms with van der Waals surface area (Å²) in [5.74, 6) is 0.542. The molecule has 0 aromatic carbocycles. The molecule has 3 heterocycles. The highest BCUT2D eigenvalue weighted by Gasteiger charge is 2.21. The van der Waals surface area contributed by atoms with Crippen LogP contribution in [0.25, 0.3) is 0 Å². The molecule has 1 aliphatic rings. The maximum atomic E-state index is 14.0. The van der Waals surface area contributed by atoms with Gasteiger partial charge >= 0.3 is 0 Å². The van der Waals surface area contributed by atoms with Crippen LogP contribution in [0.1, 0.15) is 23.8 Å². The summed E-state index contributed by atoms with van der Waals surface area (Å²) in [5.41, 5.74) is 1.28. The van der Waals surface area contributed by atoms with Gasteiger partial charge in [0, 0.05) is 24.5 Å². The molecule has 0 saturated carbocycles. The summed E-state index contributed by atoms with van der Waals surface area (Å²) in [6.45, 7) is 4.38. The van der Waals surface area contributed by atoms with Crippen molar-refractivity contribution < 1.29 is 4.39 Å². The van der Waals surface area contributed by atoms with Crippen molar-refractivity contribution in [3.63, 3.8) is 0 Å². The zero-order valence-electron chi connectivity index (χ0n) is 11.4. The SMILES string of the molecule is CCCNc1ncc(F)c(N2CCc3sccc3C2)n1. The van der Waals surface area contributed by atoms with Crippen molar-refractivity contribution in [2.45, 2.75) is 26.3 Å². The van der Waals surface area contributed by atoms with Crippen LogP contribution in [-0.4, -0.2) is 23.1 Å². The van der Waals surface area contributed by atoms with Gasteiger partial charge < -0.3 is 10.2 Å². The Kier molecular flexibility index (Phi) is 3.82. The molecule has 1 aliphatic heterocycles. The summed E-state index contributed by atoms with van der Waals surface area (Å²) in [6.07, 6.45) is 3.19. The normalized spacial score (nSPS) is 14.2. The summed E-state index contributed by atoms with van der Waals surface area (Å²) < 4.78 is 14.0. The highest BCUT2D eigenvalue weighted by atomic mass is 32.1. The third-order valence-corrected chi connectivity index (χ3v) is 4.39. The maximum Gasteiger partial charge on any atom is 0.224 e. The van der Waals surface area contributed by atoms with Gasteiger partial charge in [0.05, 0.1) is 6.20 Å². The predicted molar refractivity (Wildman–Crippen MR) is 79.8 cm³/mol. The molecular formula is C14H17FN4S. The second-order valence-electron chi connectivity index (χ2n) is 4.83. The van der Waals surface area contributed by atoms with Crippen LogP contribution in [0, 0.1) is 5.82 Å². The topological polar surface area (TPSA) is 41.1 Å². The molecule has 6 heteroatoms. The second-order valence-corrected chi connectivity index (χ2v) is 5.83. The van der Waals surface area contributed by atoms with E-state index < -0.39 is 0 Å². The number of nitrogens with zero attached hydrogens (tertiary/aromatic N) is 3. The Balaban J connectivity index is 1.83. The zero-order chi connectivity index (χ0) is 13.9. The molecule has 0 saturated heterocycles. The first kappa shape index (κ1) is 13.3. The number of nitrogens with one attached hydrogen (secondary N) is 1. The molecule has 4 nitrogen and oxygen atoms in total. The Hall–Kier alpha value is -1.69. The van der Waals surface area contributed by atoms with Gasteiger partial charge in [-0.15, -0.1) is 11.3 Å². The molecule has 0 amide bonds. The molecule has 2 aromatic rings. The first-order valence-electron chi connectivity index (χ1n) is 6.84. The third kappa shape index (κ3) is 2.60. The van der Waals surface area contributed by atoms with E-state index in [1.54, 1.807) is 11.3 Å². The van der Waals surface area contributed by atoms with Crippen molar-refractivity contribution in [1.29, 1.82) is 0 Å². The van der Waals surface area contributed by atoms with E-state index >= 15 is 0 Å². The number of halogens is 1. The second kappa shape index (κ2) is 5.75. The average molecular weight is 292 g/mol. The molecule has 1 N–H and O–H groups in total. The quantitative estimate of drug-likeness (QED) is 0.940. The molecule has 2 aromatic heterocycles. The molecule has 0 spiro atoms. The van der Waals surface area contributed by atoms with Crippen LogP contribution in [0.2, 0.25) is 0 Å². The van der Waals surface area contributed by atoms with Crippen molar-refractivity contribution >= 4 is 23.1 Å². The van der Waals surface area contributed by atoms with Crippen molar-refractivity contribution in [3.05, 3.63) is 33.9 Å². The Morgan fingerprint density at radius 1 is 1.50 bits per heavy atom. The summed E-state index contributed by atoms with van der Waals surface area (Å²) in [5, 5.41) is 5.20. The van der Waals surface area contributed by atoms with Crippen LogP contribution in [-0.2, 0) is 13.0 Å². The standard InChI is InChI=1S/C14H17FN4S/c1-2-5-16-14-17-8-11(15)13(18-14)19-6-3-12-10(9-19)4-7-20-12/h4,7-8H,2-3,5-6,9H2,1H3,(H,16,17,18). The first-order valence-corrected chi connectivity index (χ1v) is 7.72. The van der Waals surface area contributed by atoms with Crippen molar-refractivity contribution in [1.82, 2.24) is 9.97 Å². The van der Waals surface area contributed by atoms with E-state index in [-0.39, 0.29) is 5.82 Å². The van der Waals surface area contributed by atoms with Gasteiger partial charge in [-0.3, -0.25) is 0 Å². The number of aromatic nitrogens is 2. The van der Waals surface area contributed by atoms with Gasteiger partial charge in [-0.2, -0.15) is 4.98 Å². The summed E-state index contributed by atoms with van der Waals surface area (Å²) in [6, 6.07) is 2.11. The van der Waals surface area contributed by atoms with Crippen LogP contribution in [0.5, 0.6) is 0 Å². The molecular weight excluding hydrogens is 275 g/mol. The Bertz CT molecular complexity index is 599. The fraction of sp³-hybridized carbons (Fsp3) is 0.429. The van der Waals surface area contributed by atoms with Crippen LogP contribution < -0.4 is 10.2 Å². The first-order chi connectivity index (χ1) is 9.78. The minimum atomic E-state index is -0.356. The molecule has 20 heavy (non-hydrogen) atoms. The van der Waals surface area contributed by atoms with Gasteiger partial charge in [-0.25, -0.2) is 9.37 Å². The Morgan fingerprint density at radius 2 is 2.40 bits per heavy atom. The molecule has 0 bridgehead atoms. The van der Waals surface area contributed by atoms with E-state index in [9.17, 15) is 4.39 Å². The lowest BCUT2D eigenvalue weighted by atomic mass is 10.1. The van der Waals surface area contributed by atoms with Crippen molar-refractivity contribution in [2.24, 2.45) is 0 Å². The number of thiophene rings is 1. The lowest BCUT2D eigenvalue weighted by Crippen LogP contribution is -2.31. The number of anilines is 2. The van der Waals surface area contributed by atoms with Crippen LogP contribution >= 0.6 is 11.3 Å². The number of hydrogen-bond acceptors (Lipinski definition) is 5. The molecule has 0 radical (unpaired) electrons. The molecule has 0 atom stereocenters. The van der Waals surface area contributed by atoms with E-state index in [4.69, 9.17) is 0 Å². The van der Waals surface area contributed by atoms with E-state index in [2.05, 4.69) is 33.7 Å². The molecule has 0 unspecified atom stereocenters. The van der Waals surface area contributed by atoms with E-state index in [1.165, 1.54) is 16.6 Å². The van der Waals surface area contributed by atoms with E-state index in [0.29, 0.717) is 11.8 Å². The maximum absolute atomic E-state index is 14.0. The molecule has 0 fully saturated rings. The van der Waals surface area contributed by atoms with E-state index in [0.717, 1.165) is 32.5 Å². The van der Waals surface area contributed by atoms with Gasteiger partial charge in [-0.1, -0.05) is 6.92 Å². The van der Waals surface area contributed by atoms with Gasteiger partial charge in [0.25, 0.3) is 0 Å². The van der Waals surface area contributed by atoms with Gasteiger partial charge in [0.15, 0.2) is 11.6 Å². The van der Waals surface area contributed by atoms with Crippen molar-refractivity contribution in [3.8, 4) is 0 Å². The smallest absolute Gasteiger partial charge is 0.224 e. The fourth-order valence-electron chi connectivity index (χ4n) is 2.33. The minimum Gasteiger partial charge on any atom is -0.354 e. The summed E-state index contributed by atoms with van der Waals surface area (Å²) in [7, 11) is 0. The third-order valence-electron chi connectivity index (χ3n) is 3.37. The summed E-state index contributed by atoms with van der Waals surface area (Å²) >= 11 is 1.78. The highest BCUT2D eigenvalue weighted by molar-refractivity contribution is 7.10. The Morgan fingerprint density at radius 3 is 3.25 bits per heavy atom. The molecule has 3 rings (SSSR count). The monoisotopic (exact) mass is 292 g/mol. The number of fused-ring (bicyclic) bond motifs is 1. The average Bonchev–Trinajstić information content (AvgIpc) is 2.93. The summed E-state index contributed by atoms with van der Waals surface area (Å²) in [4.78, 5) is 11.7. The van der Waals surface area contributed by atoms with Crippen LogP contribution in [0.4, 0.5) is 16.2 Å².